The lowest BCUT2D eigenvalue weighted by Crippen LogP contribution is -2.30. The molecule has 1 aliphatic carbocycles. The van der Waals surface area contributed by atoms with Gasteiger partial charge in [-0.3, -0.25) is 0 Å². The van der Waals surface area contributed by atoms with Crippen molar-refractivity contribution in [1.29, 1.82) is 0 Å². The Hall–Kier alpha value is -0.510. The summed E-state index contributed by atoms with van der Waals surface area (Å²) in [7, 11) is -2.09. The second-order valence-corrected chi connectivity index (χ2v) is 7.27. The molecule has 1 fully saturated rings. The predicted molar refractivity (Wildman–Crippen MR) is 76.7 cm³/mol. The molecule has 0 atom stereocenters. The van der Waals surface area contributed by atoms with Crippen LogP contribution in [0.2, 0.25) is 0 Å². The Labute approximate surface area is 127 Å². The lowest BCUT2D eigenvalue weighted by molar-refractivity contribution is 0.0321. The Morgan fingerprint density at radius 2 is 2.10 bits per heavy atom. The number of nitrogens with zero attached hydrogens (tertiary/aromatic N) is 3. The van der Waals surface area contributed by atoms with Crippen LogP contribution < -0.4 is 4.72 Å². The smallest absolute Gasteiger partial charge is 0.260 e. The van der Waals surface area contributed by atoms with Crippen LogP contribution in [0.15, 0.2) is 9.63 Å². The summed E-state index contributed by atoms with van der Waals surface area (Å²) < 4.78 is 33.8. The van der Waals surface area contributed by atoms with Crippen molar-refractivity contribution in [2.24, 2.45) is 7.05 Å². The van der Waals surface area contributed by atoms with Gasteiger partial charge in [-0.1, -0.05) is 24.5 Å². The van der Waals surface area contributed by atoms with Crippen molar-refractivity contribution in [2.75, 3.05) is 13.2 Å². The van der Waals surface area contributed by atoms with Gasteiger partial charge < -0.3 is 4.74 Å². The van der Waals surface area contributed by atoms with Gasteiger partial charge in [-0.05, 0) is 28.8 Å². The highest BCUT2D eigenvalue weighted by atomic mass is 79.9. The zero-order valence-corrected chi connectivity index (χ0v) is 13.8. The third-order valence-electron chi connectivity index (χ3n) is 3.29. The standard InChI is InChI=1S/C11H19BrN4O3S/c1-16-11(10(12)14-15-16)20(17,18)13-7-8-19-9-5-3-2-4-6-9/h9,13H,2-8H2,1H3. The van der Waals surface area contributed by atoms with E-state index in [1.54, 1.807) is 0 Å². The maximum atomic E-state index is 12.1. The van der Waals surface area contributed by atoms with Gasteiger partial charge in [-0.25, -0.2) is 17.8 Å². The van der Waals surface area contributed by atoms with Crippen molar-refractivity contribution in [1.82, 2.24) is 19.7 Å². The molecule has 0 unspecified atom stereocenters. The summed E-state index contributed by atoms with van der Waals surface area (Å²) in [4.78, 5) is 0. The summed E-state index contributed by atoms with van der Waals surface area (Å²) in [6.07, 6.45) is 6.09. The SMILES string of the molecule is Cn1nnc(Br)c1S(=O)(=O)NCCOC1CCCCC1. The molecular formula is C11H19BrN4O3S. The van der Waals surface area contributed by atoms with E-state index >= 15 is 0 Å². The molecule has 1 aromatic heterocycles. The number of hydrogen-bond donors (Lipinski definition) is 1. The quantitative estimate of drug-likeness (QED) is 0.764. The van der Waals surface area contributed by atoms with Gasteiger partial charge >= 0.3 is 0 Å². The van der Waals surface area contributed by atoms with Gasteiger partial charge in [0.05, 0.1) is 12.7 Å². The topological polar surface area (TPSA) is 86.1 Å². The van der Waals surface area contributed by atoms with E-state index in [1.807, 2.05) is 0 Å². The fraction of sp³-hybridized carbons (Fsp3) is 0.818. The van der Waals surface area contributed by atoms with Crippen LogP contribution >= 0.6 is 15.9 Å². The van der Waals surface area contributed by atoms with Gasteiger partial charge in [0.25, 0.3) is 10.0 Å². The van der Waals surface area contributed by atoms with Gasteiger partial charge in [0.1, 0.15) is 0 Å². The van der Waals surface area contributed by atoms with Crippen molar-refractivity contribution in [2.45, 2.75) is 43.2 Å². The number of aromatic nitrogens is 3. The number of hydrogen-bond acceptors (Lipinski definition) is 5. The van der Waals surface area contributed by atoms with Crippen molar-refractivity contribution < 1.29 is 13.2 Å². The van der Waals surface area contributed by atoms with E-state index < -0.39 is 10.0 Å². The Bertz CT molecular complexity index is 520. The molecule has 0 aromatic carbocycles. The molecule has 2 rings (SSSR count). The molecule has 0 radical (unpaired) electrons. The number of sulfonamides is 1. The largest absolute Gasteiger partial charge is 0.377 e. The number of aryl methyl sites for hydroxylation is 1. The first-order valence-electron chi connectivity index (χ1n) is 6.67. The summed E-state index contributed by atoms with van der Waals surface area (Å²) in [5.74, 6) is 0. The second kappa shape index (κ2) is 6.97. The third kappa shape index (κ3) is 4.00. The predicted octanol–water partition coefficient (Wildman–Crippen LogP) is 1.21. The van der Waals surface area contributed by atoms with Crippen LogP contribution in [-0.4, -0.2) is 42.7 Å². The van der Waals surface area contributed by atoms with Crippen LogP contribution in [-0.2, 0) is 21.8 Å². The molecule has 9 heteroatoms. The van der Waals surface area contributed by atoms with Gasteiger partial charge in [0, 0.05) is 13.6 Å². The maximum Gasteiger partial charge on any atom is 0.260 e. The summed E-state index contributed by atoms with van der Waals surface area (Å²) in [6, 6.07) is 0. The highest BCUT2D eigenvalue weighted by Gasteiger charge is 2.23. The number of nitrogens with one attached hydrogen (secondary N) is 1. The minimum Gasteiger partial charge on any atom is -0.377 e. The second-order valence-electron chi connectivity index (χ2n) is 4.84. The molecule has 20 heavy (non-hydrogen) atoms. The van der Waals surface area contributed by atoms with Crippen molar-refractivity contribution in [3.63, 3.8) is 0 Å². The Morgan fingerprint density at radius 3 is 2.70 bits per heavy atom. The first-order valence-corrected chi connectivity index (χ1v) is 8.95. The highest BCUT2D eigenvalue weighted by Crippen LogP contribution is 2.20. The van der Waals surface area contributed by atoms with E-state index in [9.17, 15) is 8.42 Å². The van der Waals surface area contributed by atoms with Gasteiger partial charge in [0.2, 0.25) is 5.03 Å². The monoisotopic (exact) mass is 366 g/mol. The number of ether oxygens (including phenoxy) is 1. The first kappa shape index (κ1) is 15.9. The van der Waals surface area contributed by atoms with Crippen LogP contribution in [0.25, 0.3) is 0 Å². The van der Waals surface area contributed by atoms with Crippen molar-refractivity contribution in [3.05, 3.63) is 4.60 Å². The Morgan fingerprint density at radius 1 is 1.40 bits per heavy atom. The summed E-state index contributed by atoms with van der Waals surface area (Å²) in [5, 5.41) is 7.34. The molecule has 1 saturated carbocycles. The van der Waals surface area contributed by atoms with Gasteiger partial charge in [-0.15, -0.1) is 5.10 Å². The van der Waals surface area contributed by atoms with Crippen LogP contribution in [0.5, 0.6) is 0 Å². The average Bonchev–Trinajstić information content (AvgIpc) is 2.76. The van der Waals surface area contributed by atoms with Crippen LogP contribution in [0.1, 0.15) is 32.1 Å². The van der Waals surface area contributed by atoms with Crippen LogP contribution in [0, 0.1) is 0 Å². The summed E-state index contributed by atoms with van der Waals surface area (Å²) >= 11 is 3.08. The third-order valence-corrected chi connectivity index (χ3v) is 5.64. The lowest BCUT2D eigenvalue weighted by Gasteiger charge is -2.21. The van der Waals surface area contributed by atoms with E-state index in [4.69, 9.17) is 4.74 Å². The molecule has 1 aromatic rings. The molecule has 0 bridgehead atoms. The number of rotatable bonds is 6. The molecule has 0 aliphatic heterocycles. The van der Waals surface area contributed by atoms with Crippen LogP contribution in [0.4, 0.5) is 0 Å². The van der Waals surface area contributed by atoms with E-state index in [0.29, 0.717) is 6.61 Å². The first-order chi connectivity index (χ1) is 9.50. The lowest BCUT2D eigenvalue weighted by atomic mass is 9.98. The summed E-state index contributed by atoms with van der Waals surface area (Å²) in [6.45, 7) is 0.628. The van der Waals surface area contributed by atoms with Gasteiger partial charge in [-0.2, -0.15) is 0 Å². The van der Waals surface area contributed by atoms with E-state index in [0.717, 1.165) is 12.8 Å². The molecule has 0 saturated heterocycles. The molecular weight excluding hydrogens is 348 g/mol. The normalized spacial score (nSPS) is 17.5. The van der Waals surface area contributed by atoms with Crippen molar-refractivity contribution in [3.8, 4) is 0 Å². The van der Waals surface area contributed by atoms with Crippen molar-refractivity contribution >= 4 is 26.0 Å². The highest BCUT2D eigenvalue weighted by molar-refractivity contribution is 9.10. The summed E-state index contributed by atoms with van der Waals surface area (Å²) in [5.41, 5.74) is 0. The van der Waals surface area contributed by atoms with E-state index in [-0.39, 0.29) is 22.3 Å². The minimum atomic E-state index is -3.62. The molecule has 0 amide bonds. The Balaban J connectivity index is 1.81. The zero-order valence-electron chi connectivity index (χ0n) is 11.4. The molecule has 1 aliphatic rings. The fourth-order valence-corrected chi connectivity index (χ4v) is 4.41. The fourth-order valence-electron chi connectivity index (χ4n) is 2.31. The maximum absolute atomic E-state index is 12.1. The number of halogens is 1. The van der Waals surface area contributed by atoms with Gasteiger partial charge in [0.15, 0.2) is 4.60 Å². The van der Waals surface area contributed by atoms with Crippen LogP contribution in [0.3, 0.4) is 0 Å². The van der Waals surface area contributed by atoms with E-state index in [1.165, 1.54) is 31.0 Å². The minimum absolute atomic E-state index is 0.0233. The molecule has 1 heterocycles. The molecule has 0 spiro atoms. The average molecular weight is 367 g/mol. The van der Waals surface area contributed by atoms with E-state index in [2.05, 4.69) is 31.0 Å². The molecule has 114 valence electrons. The molecule has 7 nitrogen and oxygen atoms in total. The molecule has 1 N–H and O–H groups in total. The zero-order chi connectivity index (χ0) is 14.6. The Kier molecular flexibility index (Phi) is 5.53.